The SMILES string of the molecule is CC(C)C[C@H](NC(=O)c1cccc(-c2ccccc2)c1)C(=O)NCC#N. The Morgan fingerprint density at radius 3 is 2.38 bits per heavy atom. The number of nitrogens with one attached hydrogen (secondary N) is 2. The van der Waals surface area contributed by atoms with Crippen molar-refractivity contribution in [1.82, 2.24) is 10.6 Å². The first kappa shape index (κ1) is 19.2. The number of nitriles is 1. The predicted molar refractivity (Wildman–Crippen MR) is 101 cm³/mol. The second kappa shape index (κ2) is 9.38. The van der Waals surface area contributed by atoms with Gasteiger partial charge < -0.3 is 10.6 Å². The summed E-state index contributed by atoms with van der Waals surface area (Å²) in [6, 6.07) is 18.3. The molecule has 1 atom stereocenters. The number of amides is 2. The molecule has 0 unspecified atom stereocenters. The molecule has 0 aromatic heterocycles. The van der Waals surface area contributed by atoms with Gasteiger partial charge in [-0.15, -0.1) is 0 Å². The van der Waals surface area contributed by atoms with Gasteiger partial charge >= 0.3 is 0 Å². The number of benzene rings is 2. The van der Waals surface area contributed by atoms with Gasteiger partial charge in [0.15, 0.2) is 0 Å². The third-order valence-electron chi connectivity index (χ3n) is 3.90. The van der Waals surface area contributed by atoms with Crippen LogP contribution in [-0.2, 0) is 4.79 Å². The number of hydrogen-bond acceptors (Lipinski definition) is 3. The van der Waals surface area contributed by atoms with Gasteiger partial charge in [-0.1, -0.05) is 56.3 Å². The predicted octanol–water partition coefficient (Wildman–Crippen LogP) is 3.14. The standard InChI is InChI=1S/C21H23N3O2/c1-15(2)13-19(21(26)23-12-11-22)24-20(25)18-10-6-9-17(14-18)16-7-4-3-5-8-16/h3-10,14-15,19H,12-13H2,1-2H3,(H,23,26)(H,24,25)/t19-/m0/s1. The largest absolute Gasteiger partial charge is 0.341 e. The molecule has 2 amide bonds. The van der Waals surface area contributed by atoms with E-state index >= 15 is 0 Å². The third kappa shape index (κ3) is 5.45. The van der Waals surface area contributed by atoms with E-state index in [1.807, 2.05) is 68.4 Å². The van der Waals surface area contributed by atoms with Gasteiger partial charge in [-0.25, -0.2) is 0 Å². The van der Waals surface area contributed by atoms with Crippen molar-refractivity contribution in [2.24, 2.45) is 5.92 Å². The van der Waals surface area contributed by atoms with Crippen LogP contribution < -0.4 is 10.6 Å². The molecule has 0 aliphatic carbocycles. The van der Waals surface area contributed by atoms with E-state index in [-0.39, 0.29) is 24.3 Å². The average molecular weight is 349 g/mol. The van der Waals surface area contributed by atoms with Crippen LogP contribution in [0.4, 0.5) is 0 Å². The molecule has 2 aromatic carbocycles. The lowest BCUT2D eigenvalue weighted by atomic mass is 10.0. The molecule has 0 radical (unpaired) electrons. The van der Waals surface area contributed by atoms with Crippen molar-refractivity contribution >= 4 is 11.8 Å². The summed E-state index contributed by atoms with van der Waals surface area (Å²) in [4.78, 5) is 24.9. The molecule has 0 heterocycles. The Kier molecular flexibility index (Phi) is 6.92. The van der Waals surface area contributed by atoms with Gasteiger partial charge in [0, 0.05) is 5.56 Å². The van der Waals surface area contributed by atoms with E-state index in [1.54, 1.807) is 6.07 Å². The Morgan fingerprint density at radius 2 is 1.73 bits per heavy atom. The van der Waals surface area contributed by atoms with Crippen LogP contribution in [0, 0.1) is 17.2 Å². The minimum absolute atomic E-state index is 0.0766. The maximum absolute atomic E-state index is 12.6. The van der Waals surface area contributed by atoms with Crippen molar-refractivity contribution in [2.75, 3.05) is 6.54 Å². The molecular weight excluding hydrogens is 326 g/mol. The third-order valence-corrected chi connectivity index (χ3v) is 3.90. The molecule has 0 spiro atoms. The molecule has 0 aliphatic heterocycles. The smallest absolute Gasteiger partial charge is 0.251 e. The van der Waals surface area contributed by atoms with Crippen molar-refractivity contribution in [2.45, 2.75) is 26.3 Å². The van der Waals surface area contributed by atoms with Crippen LogP contribution >= 0.6 is 0 Å². The molecule has 134 valence electrons. The molecule has 0 fully saturated rings. The maximum atomic E-state index is 12.6. The summed E-state index contributed by atoms with van der Waals surface area (Å²) in [5, 5.41) is 13.9. The van der Waals surface area contributed by atoms with Crippen LogP contribution in [-0.4, -0.2) is 24.4 Å². The zero-order valence-electron chi connectivity index (χ0n) is 15.0. The van der Waals surface area contributed by atoms with E-state index in [9.17, 15) is 9.59 Å². The second-order valence-electron chi connectivity index (χ2n) is 6.48. The molecule has 26 heavy (non-hydrogen) atoms. The lowest BCUT2D eigenvalue weighted by Crippen LogP contribution is -2.47. The number of nitrogens with zero attached hydrogens (tertiary/aromatic N) is 1. The van der Waals surface area contributed by atoms with Crippen LogP contribution in [0.15, 0.2) is 54.6 Å². The molecule has 0 aliphatic rings. The first-order valence-electron chi connectivity index (χ1n) is 8.62. The van der Waals surface area contributed by atoms with E-state index in [0.29, 0.717) is 12.0 Å². The van der Waals surface area contributed by atoms with Crippen molar-refractivity contribution in [3.63, 3.8) is 0 Å². The highest BCUT2D eigenvalue weighted by Gasteiger charge is 2.22. The van der Waals surface area contributed by atoms with Gasteiger partial charge in [-0.3, -0.25) is 9.59 Å². The van der Waals surface area contributed by atoms with E-state index in [2.05, 4.69) is 10.6 Å². The Labute approximate surface area is 154 Å². The average Bonchev–Trinajstić information content (AvgIpc) is 2.66. The van der Waals surface area contributed by atoms with Gasteiger partial charge in [0.25, 0.3) is 5.91 Å². The molecular formula is C21H23N3O2. The maximum Gasteiger partial charge on any atom is 0.251 e. The Bertz CT molecular complexity index is 794. The van der Waals surface area contributed by atoms with Crippen molar-refractivity contribution < 1.29 is 9.59 Å². The molecule has 0 saturated carbocycles. The van der Waals surface area contributed by atoms with Crippen LogP contribution in [0.5, 0.6) is 0 Å². The first-order valence-corrected chi connectivity index (χ1v) is 8.62. The number of hydrogen-bond donors (Lipinski definition) is 2. The fourth-order valence-corrected chi connectivity index (χ4v) is 2.66. The summed E-state index contributed by atoms with van der Waals surface area (Å²) in [6.45, 7) is 3.88. The molecule has 2 rings (SSSR count). The second-order valence-corrected chi connectivity index (χ2v) is 6.48. The molecule has 2 aromatic rings. The first-order chi connectivity index (χ1) is 12.5. The highest BCUT2D eigenvalue weighted by Crippen LogP contribution is 2.20. The highest BCUT2D eigenvalue weighted by molar-refractivity contribution is 5.98. The lowest BCUT2D eigenvalue weighted by Gasteiger charge is -2.19. The Morgan fingerprint density at radius 1 is 1.04 bits per heavy atom. The summed E-state index contributed by atoms with van der Waals surface area (Å²) in [6.07, 6.45) is 0.501. The molecule has 0 bridgehead atoms. The van der Waals surface area contributed by atoms with E-state index in [1.165, 1.54) is 0 Å². The van der Waals surface area contributed by atoms with Gasteiger partial charge in [0.2, 0.25) is 5.91 Å². The molecule has 5 nitrogen and oxygen atoms in total. The molecule has 0 saturated heterocycles. The Hall–Kier alpha value is -3.13. The topological polar surface area (TPSA) is 82.0 Å². The van der Waals surface area contributed by atoms with Crippen molar-refractivity contribution in [1.29, 1.82) is 5.26 Å². The summed E-state index contributed by atoms with van der Waals surface area (Å²) >= 11 is 0. The van der Waals surface area contributed by atoms with Crippen LogP contribution in [0.3, 0.4) is 0 Å². The van der Waals surface area contributed by atoms with Gasteiger partial charge in [0.1, 0.15) is 12.6 Å². The van der Waals surface area contributed by atoms with E-state index < -0.39 is 6.04 Å². The van der Waals surface area contributed by atoms with Crippen LogP contribution in [0.1, 0.15) is 30.6 Å². The minimum atomic E-state index is -0.670. The zero-order valence-corrected chi connectivity index (χ0v) is 15.0. The number of rotatable bonds is 7. The fraction of sp³-hybridized carbons (Fsp3) is 0.286. The van der Waals surface area contributed by atoms with Crippen LogP contribution in [0.25, 0.3) is 11.1 Å². The van der Waals surface area contributed by atoms with Gasteiger partial charge in [0.05, 0.1) is 6.07 Å². The summed E-state index contributed by atoms with van der Waals surface area (Å²) < 4.78 is 0. The lowest BCUT2D eigenvalue weighted by molar-refractivity contribution is -0.123. The zero-order chi connectivity index (χ0) is 18.9. The monoisotopic (exact) mass is 349 g/mol. The van der Waals surface area contributed by atoms with Crippen molar-refractivity contribution in [3.05, 3.63) is 60.2 Å². The summed E-state index contributed by atoms with van der Waals surface area (Å²) in [5.74, 6) is -0.419. The summed E-state index contributed by atoms with van der Waals surface area (Å²) in [7, 11) is 0. The normalized spacial score (nSPS) is 11.5. The van der Waals surface area contributed by atoms with Crippen LogP contribution in [0.2, 0.25) is 0 Å². The highest BCUT2D eigenvalue weighted by atomic mass is 16.2. The number of carbonyl (C=O) groups is 2. The van der Waals surface area contributed by atoms with E-state index in [4.69, 9.17) is 5.26 Å². The van der Waals surface area contributed by atoms with E-state index in [0.717, 1.165) is 11.1 Å². The Balaban J connectivity index is 2.16. The molecule has 2 N–H and O–H groups in total. The van der Waals surface area contributed by atoms with Gasteiger partial charge in [-0.2, -0.15) is 5.26 Å². The summed E-state index contributed by atoms with van der Waals surface area (Å²) in [5.41, 5.74) is 2.45. The quantitative estimate of drug-likeness (QED) is 0.754. The fourth-order valence-electron chi connectivity index (χ4n) is 2.66. The number of carbonyl (C=O) groups excluding carboxylic acids is 2. The van der Waals surface area contributed by atoms with Gasteiger partial charge in [-0.05, 0) is 35.6 Å². The minimum Gasteiger partial charge on any atom is -0.341 e. The molecule has 5 heteroatoms. The van der Waals surface area contributed by atoms with Crippen molar-refractivity contribution in [3.8, 4) is 17.2 Å².